The molecule has 0 radical (unpaired) electrons. The third-order valence-electron chi connectivity index (χ3n) is 4.14. The van der Waals surface area contributed by atoms with Crippen LogP contribution < -0.4 is 0 Å². The normalized spacial score (nSPS) is 20.3. The van der Waals surface area contributed by atoms with Crippen molar-refractivity contribution < 1.29 is 14.4 Å². The van der Waals surface area contributed by atoms with Crippen LogP contribution in [0, 0.1) is 11.3 Å². The Labute approximate surface area is 125 Å². The van der Waals surface area contributed by atoms with Crippen LogP contribution in [0.25, 0.3) is 0 Å². The van der Waals surface area contributed by atoms with Crippen molar-refractivity contribution in [3.63, 3.8) is 0 Å². The molecule has 1 saturated carbocycles. The first-order valence-electron chi connectivity index (χ1n) is 7.40. The molecule has 0 heterocycles. The molecule has 2 rings (SSSR count). The average Bonchev–Trinajstić information content (AvgIpc) is 2.36. The maximum atomic E-state index is 12.5. The molecular formula is C18H22O3. The van der Waals surface area contributed by atoms with Crippen molar-refractivity contribution in [2.75, 3.05) is 0 Å². The zero-order valence-electron chi connectivity index (χ0n) is 12.9. The van der Waals surface area contributed by atoms with Gasteiger partial charge in [0.05, 0.1) is 5.92 Å². The Bertz CT molecular complexity index is 537. The lowest BCUT2D eigenvalue weighted by Crippen LogP contribution is -2.41. The lowest BCUT2D eigenvalue weighted by atomic mass is 9.66. The highest BCUT2D eigenvalue weighted by molar-refractivity contribution is 6.06. The molecule has 0 unspecified atom stereocenters. The Kier molecular flexibility index (Phi) is 4.40. The Balaban J connectivity index is 2.35. The lowest BCUT2D eigenvalue weighted by Gasteiger charge is -2.35. The summed E-state index contributed by atoms with van der Waals surface area (Å²) in [5.74, 6) is -1.02. The van der Waals surface area contributed by atoms with Crippen LogP contribution in [0.3, 0.4) is 0 Å². The van der Waals surface area contributed by atoms with E-state index in [4.69, 9.17) is 0 Å². The zero-order chi connectivity index (χ0) is 15.6. The summed E-state index contributed by atoms with van der Waals surface area (Å²) in [4.78, 5) is 36.6. The van der Waals surface area contributed by atoms with Gasteiger partial charge in [-0.1, -0.05) is 44.2 Å². The third kappa shape index (κ3) is 3.66. The fraction of sp³-hybridized carbons (Fsp3) is 0.500. The Morgan fingerprint density at radius 3 is 2.14 bits per heavy atom. The number of Topliss-reactive ketones (excluding diaryl/α,β-unsaturated/α-hetero) is 3. The van der Waals surface area contributed by atoms with Crippen LogP contribution in [0.4, 0.5) is 0 Å². The van der Waals surface area contributed by atoms with Crippen molar-refractivity contribution in [1.82, 2.24) is 0 Å². The zero-order valence-corrected chi connectivity index (χ0v) is 12.9. The van der Waals surface area contributed by atoms with Gasteiger partial charge in [-0.3, -0.25) is 9.59 Å². The van der Waals surface area contributed by atoms with E-state index < -0.39 is 5.92 Å². The van der Waals surface area contributed by atoms with Crippen LogP contribution >= 0.6 is 0 Å². The minimum absolute atomic E-state index is 0.00860. The molecule has 0 aliphatic heterocycles. The molecule has 1 aliphatic rings. The molecule has 1 aromatic rings. The molecule has 0 N–H and O–H groups in total. The maximum absolute atomic E-state index is 12.5. The Morgan fingerprint density at radius 2 is 1.67 bits per heavy atom. The van der Waals surface area contributed by atoms with E-state index in [1.165, 1.54) is 6.92 Å². The number of carbonyl (C=O) groups is 3. The van der Waals surface area contributed by atoms with Gasteiger partial charge in [0.1, 0.15) is 17.3 Å². The number of carbonyl (C=O) groups excluding carboxylic acids is 3. The van der Waals surface area contributed by atoms with Crippen LogP contribution in [-0.4, -0.2) is 17.3 Å². The molecule has 0 bridgehead atoms. The van der Waals surface area contributed by atoms with E-state index in [-0.39, 0.29) is 35.1 Å². The van der Waals surface area contributed by atoms with E-state index in [1.54, 1.807) is 0 Å². The molecule has 112 valence electrons. The highest BCUT2D eigenvalue weighted by Gasteiger charge is 2.43. The van der Waals surface area contributed by atoms with Gasteiger partial charge >= 0.3 is 0 Å². The first kappa shape index (κ1) is 15.6. The highest BCUT2D eigenvalue weighted by atomic mass is 16.2. The Morgan fingerprint density at radius 1 is 1.14 bits per heavy atom. The van der Waals surface area contributed by atoms with Gasteiger partial charge in [-0.2, -0.15) is 0 Å². The largest absolute Gasteiger partial charge is 0.300 e. The minimum Gasteiger partial charge on any atom is -0.300 e. The van der Waals surface area contributed by atoms with E-state index in [0.717, 1.165) is 5.56 Å². The summed E-state index contributed by atoms with van der Waals surface area (Å²) in [5, 5.41) is 0. The summed E-state index contributed by atoms with van der Waals surface area (Å²) in [5.41, 5.74) is 0.640. The first-order chi connectivity index (χ1) is 9.80. The second-order valence-electron chi connectivity index (χ2n) is 6.85. The molecule has 1 aliphatic carbocycles. The standard InChI is InChI=1S/C18H22O3/c1-12(19)9-14(13-7-5-4-6-8-13)17-15(20)10-18(2,3)11-16(17)21/h4-8,14,17H,9-11H2,1-3H3/t14-/m0/s1. The average molecular weight is 286 g/mol. The SMILES string of the molecule is CC(=O)C[C@@H](c1ccccc1)C1C(=O)CC(C)(C)CC1=O. The van der Waals surface area contributed by atoms with Crippen LogP contribution in [0.15, 0.2) is 30.3 Å². The predicted molar refractivity (Wildman–Crippen MR) is 81.0 cm³/mol. The van der Waals surface area contributed by atoms with E-state index in [2.05, 4.69) is 0 Å². The molecule has 0 spiro atoms. The predicted octanol–water partition coefficient (Wildman–Crippen LogP) is 3.32. The molecule has 0 amide bonds. The second-order valence-corrected chi connectivity index (χ2v) is 6.85. The van der Waals surface area contributed by atoms with Gasteiger partial charge < -0.3 is 4.79 Å². The number of hydrogen-bond donors (Lipinski definition) is 0. The topological polar surface area (TPSA) is 51.2 Å². The molecular weight excluding hydrogens is 264 g/mol. The summed E-state index contributed by atoms with van der Waals surface area (Å²) in [6.45, 7) is 5.40. The minimum atomic E-state index is -0.663. The summed E-state index contributed by atoms with van der Waals surface area (Å²) < 4.78 is 0. The summed E-state index contributed by atoms with van der Waals surface area (Å²) in [6, 6.07) is 9.44. The quantitative estimate of drug-likeness (QED) is 0.798. The van der Waals surface area contributed by atoms with Crippen LogP contribution in [-0.2, 0) is 14.4 Å². The van der Waals surface area contributed by atoms with Gasteiger partial charge in [0.15, 0.2) is 0 Å². The van der Waals surface area contributed by atoms with E-state index in [9.17, 15) is 14.4 Å². The molecule has 3 heteroatoms. The summed E-state index contributed by atoms with van der Waals surface area (Å²) >= 11 is 0. The Hall–Kier alpha value is -1.77. The van der Waals surface area contributed by atoms with Crippen LogP contribution in [0.1, 0.15) is 51.5 Å². The number of ketones is 3. The van der Waals surface area contributed by atoms with Gasteiger partial charge in [0.2, 0.25) is 0 Å². The van der Waals surface area contributed by atoms with Crippen molar-refractivity contribution in [2.24, 2.45) is 11.3 Å². The van der Waals surface area contributed by atoms with Crippen molar-refractivity contribution in [2.45, 2.75) is 46.0 Å². The van der Waals surface area contributed by atoms with Crippen LogP contribution in [0.2, 0.25) is 0 Å². The second kappa shape index (κ2) is 5.92. The molecule has 1 fully saturated rings. The molecule has 3 nitrogen and oxygen atoms in total. The van der Waals surface area contributed by atoms with E-state index in [1.807, 2.05) is 44.2 Å². The van der Waals surface area contributed by atoms with E-state index in [0.29, 0.717) is 12.8 Å². The van der Waals surface area contributed by atoms with Crippen molar-refractivity contribution in [1.29, 1.82) is 0 Å². The van der Waals surface area contributed by atoms with Gasteiger partial charge in [-0.05, 0) is 17.9 Å². The van der Waals surface area contributed by atoms with Crippen molar-refractivity contribution >= 4 is 17.3 Å². The smallest absolute Gasteiger partial charge is 0.144 e. The number of hydrogen-bond acceptors (Lipinski definition) is 3. The lowest BCUT2D eigenvalue weighted by molar-refractivity contribution is -0.140. The van der Waals surface area contributed by atoms with Gasteiger partial charge in [0.25, 0.3) is 0 Å². The monoisotopic (exact) mass is 286 g/mol. The molecule has 0 saturated heterocycles. The summed E-state index contributed by atoms with van der Waals surface area (Å²) in [7, 11) is 0. The van der Waals surface area contributed by atoms with E-state index >= 15 is 0 Å². The van der Waals surface area contributed by atoms with Crippen molar-refractivity contribution in [3.8, 4) is 0 Å². The van der Waals surface area contributed by atoms with Crippen molar-refractivity contribution in [3.05, 3.63) is 35.9 Å². The molecule has 1 atom stereocenters. The molecule has 0 aromatic heterocycles. The summed E-state index contributed by atoms with van der Waals surface area (Å²) in [6.07, 6.45) is 1.06. The van der Waals surface area contributed by atoms with Crippen LogP contribution in [0.5, 0.6) is 0 Å². The highest BCUT2D eigenvalue weighted by Crippen LogP contribution is 2.40. The van der Waals surface area contributed by atoms with Gasteiger partial charge in [-0.15, -0.1) is 0 Å². The first-order valence-corrected chi connectivity index (χ1v) is 7.40. The fourth-order valence-corrected chi connectivity index (χ4v) is 3.29. The third-order valence-corrected chi connectivity index (χ3v) is 4.14. The number of benzene rings is 1. The fourth-order valence-electron chi connectivity index (χ4n) is 3.29. The van der Waals surface area contributed by atoms with Gasteiger partial charge in [-0.25, -0.2) is 0 Å². The molecule has 1 aromatic carbocycles. The molecule has 21 heavy (non-hydrogen) atoms. The maximum Gasteiger partial charge on any atom is 0.144 e. The number of rotatable bonds is 4. The van der Waals surface area contributed by atoms with Gasteiger partial charge in [0, 0.05) is 25.2 Å².